The zero-order valence-electron chi connectivity index (χ0n) is 12.0. The number of anilines is 1. The van der Waals surface area contributed by atoms with Gasteiger partial charge in [0.05, 0.1) is 24.0 Å². The van der Waals surface area contributed by atoms with Crippen molar-refractivity contribution >= 4 is 33.3 Å². The van der Waals surface area contributed by atoms with Gasteiger partial charge >= 0.3 is 5.97 Å². The summed E-state index contributed by atoms with van der Waals surface area (Å²) in [7, 11) is -2.03. The smallest absolute Gasteiger partial charge is 0.337 e. The molecule has 0 heterocycles. The van der Waals surface area contributed by atoms with Crippen molar-refractivity contribution in [1.82, 2.24) is 0 Å². The third-order valence-corrected chi connectivity index (χ3v) is 3.81. The number of benzene rings is 2. The summed E-state index contributed by atoms with van der Waals surface area (Å²) < 4.78 is 29.4. The van der Waals surface area contributed by atoms with Crippen molar-refractivity contribution in [3.8, 4) is 11.1 Å². The van der Waals surface area contributed by atoms with Gasteiger partial charge in [0.25, 0.3) is 0 Å². The Kier molecular flexibility index (Phi) is 4.73. The lowest BCUT2D eigenvalue weighted by Crippen LogP contribution is -2.09. The minimum absolute atomic E-state index is 0.391. The zero-order valence-corrected chi connectivity index (χ0v) is 13.5. The SMILES string of the molecule is COC(=O)c1ccc(-c2ccc(NS(C)(=O)=O)cc2Cl)cc1. The van der Waals surface area contributed by atoms with E-state index in [0.29, 0.717) is 16.3 Å². The third kappa shape index (κ3) is 3.99. The van der Waals surface area contributed by atoms with Crippen molar-refractivity contribution < 1.29 is 17.9 Å². The number of rotatable bonds is 4. The molecule has 0 aromatic heterocycles. The summed E-state index contributed by atoms with van der Waals surface area (Å²) in [5.74, 6) is -0.412. The fourth-order valence-corrected chi connectivity index (χ4v) is 2.78. The van der Waals surface area contributed by atoms with E-state index in [0.717, 1.165) is 17.4 Å². The Labute approximate surface area is 133 Å². The molecule has 0 aliphatic carbocycles. The van der Waals surface area contributed by atoms with Crippen molar-refractivity contribution in [2.75, 3.05) is 18.1 Å². The molecule has 0 aliphatic heterocycles. The van der Waals surface area contributed by atoms with Gasteiger partial charge in [-0.2, -0.15) is 0 Å². The highest BCUT2D eigenvalue weighted by Gasteiger charge is 2.09. The first-order valence-electron chi connectivity index (χ1n) is 6.26. The molecule has 22 heavy (non-hydrogen) atoms. The first-order chi connectivity index (χ1) is 10.3. The summed E-state index contributed by atoms with van der Waals surface area (Å²) in [5.41, 5.74) is 2.38. The lowest BCUT2D eigenvalue weighted by Gasteiger charge is -2.09. The van der Waals surface area contributed by atoms with Crippen LogP contribution in [0.3, 0.4) is 0 Å². The summed E-state index contributed by atoms with van der Waals surface area (Å²) >= 11 is 6.20. The third-order valence-electron chi connectivity index (χ3n) is 2.89. The first kappa shape index (κ1) is 16.3. The van der Waals surface area contributed by atoms with Crippen molar-refractivity contribution in [2.45, 2.75) is 0 Å². The Morgan fingerprint density at radius 1 is 1.14 bits per heavy atom. The number of nitrogens with one attached hydrogen (secondary N) is 1. The maximum absolute atomic E-state index is 11.4. The van der Waals surface area contributed by atoms with E-state index < -0.39 is 16.0 Å². The van der Waals surface area contributed by atoms with E-state index in [1.807, 2.05) is 0 Å². The maximum Gasteiger partial charge on any atom is 0.337 e. The van der Waals surface area contributed by atoms with Crippen LogP contribution in [-0.2, 0) is 14.8 Å². The summed E-state index contributed by atoms with van der Waals surface area (Å²) in [6.45, 7) is 0. The molecule has 0 saturated heterocycles. The average Bonchev–Trinajstić information content (AvgIpc) is 2.45. The quantitative estimate of drug-likeness (QED) is 0.868. The fourth-order valence-electron chi connectivity index (χ4n) is 1.93. The summed E-state index contributed by atoms with van der Waals surface area (Å²) in [4.78, 5) is 11.4. The van der Waals surface area contributed by atoms with Gasteiger partial charge in [-0.15, -0.1) is 0 Å². The maximum atomic E-state index is 11.4. The van der Waals surface area contributed by atoms with Crippen LogP contribution in [0.15, 0.2) is 42.5 Å². The van der Waals surface area contributed by atoms with Gasteiger partial charge in [0.15, 0.2) is 0 Å². The van der Waals surface area contributed by atoms with Gasteiger partial charge in [0.1, 0.15) is 0 Å². The number of esters is 1. The van der Waals surface area contributed by atoms with E-state index in [9.17, 15) is 13.2 Å². The predicted molar refractivity (Wildman–Crippen MR) is 86.7 cm³/mol. The van der Waals surface area contributed by atoms with E-state index >= 15 is 0 Å². The fraction of sp³-hybridized carbons (Fsp3) is 0.133. The molecule has 2 rings (SSSR count). The summed E-state index contributed by atoms with van der Waals surface area (Å²) in [6, 6.07) is 11.6. The van der Waals surface area contributed by atoms with E-state index in [1.54, 1.807) is 36.4 Å². The van der Waals surface area contributed by atoms with Gasteiger partial charge in [-0.1, -0.05) is 29.8 Å². The van der Waals surface area contributed by atoms with Gasteiger partial charge < -0.3 is 4.74 Å². The molecular weight excluding hydrogens is 326 g/mol. The molecule has 0 saturated carbocycles. The van der Waals surface area contributed by atoms with E-state index in [2.05, 4.69) is 9.46 Å². The second kappa shape index (κ2) is 6.37. The monoisotopic (exact) mass is 339 g/mol. The van der Waals surface area contributed by atoms with Crippen LogP contribution in [0.25, 0.3) is 11.1 Å². The Bertz CT molecular complexity index is 801. The first-order valence-corrected chi connectivity index (χ1v) is 8.53. The lowest BCUT2D eigenvalue weighted by atomic mass is 10.0. The Morgan fingerprint density at radius 2 is 1.77 bits per heavy atom. The predicted octanol–water partition coefficient (Wildman–Crippen LogP) is 3.17. The number of carbonyl (C=O) groups is 1. The summed E-state index contributed by atoms with van der Waals surface area (Å²) in [5, 5.41) is 0.402. The Morgan fingerprint density at radius 3 is 2.27 bits per heavy atom. The van der Waals surface area contributed by atoms with Crippen molar-refractivity contribution in [3.05, 3.63) is 53.1 Å². The number of carbonyl (C=O) groups excluding carboxylic acids is 1. The number of ether oxygens (including phenoxy) is 1. The van der Waals surface area contributed by atoms with Crippen LogP contribution in [0.1, 0.15) is 10.4 Å². The molecule has 116 valence electrons. The second-order valence-electron chi connectivity index (χ2n) is 4.64. The molecule has 2 aromatic carbocycles. The van der Waals surface area contributed by atoms with Crippen molar-refractivity contribution in [2.24, 2.45) is 0 Å². The minimum Gasteiger partial charge on any atom is -0.465 e. The minimum atomic E-state index is -3.35. The van der Waals surface area contributed by atoms with Crippen LogP contribution in [0, 0.1) is 0 Å². The standard InChI is InChI=1S/C15H14ClNO4S/c1-21-15(18)11-5-3-10(4-6-11)13-8-7-12(9-14(13)16)17-22(2,19)20/h3-9,17H,1-2H3. The Hall–Kier alpha value is -2.05. The average molecular weight is 340 g/mol. The molecule has 0 bridgehead atoms. The van der Waals surface area contributed by atoms with Crippen molar-refractivity contribution in [1.29, 1.82) is 0 Å². The number of hydrogen-bond acceptors (Lipinski definition) is 4. The molecule has 0 spiro atoms. The molecule has 0 amide bonds. The van der Waals surface area contributed by atoms with E-state index in [4.69, 9.17) is 11.6 Å². The van der Waals surface area contributed by atoms with Crippen LogP contribution in [0.2, 0.25) is 5.02 Å². The zero-order chi connectivity index (χ0) is 16.3. The number of sulfonamides is 1. The van der Waals surface area contributed by atoms with Gasteiger partial charge in [0, 0.05) is 11.3 Å². The van der Waals surface area contributed by atoms with E-state index in [-0.39, 0.29) is 0 Å². The van der Waals surface area contributed by atoms with Crippen LogP contribution >= 0.6 is 11.6 Å². The molecule has 0 unspecified atom stereocenters. The summed E-state index contributed by atoms with van der Waals surface area (Å²) in [6.07, 6.45) is 1.07. The molecular formula is C15H14ClNO4S. The van der Waals surface area contributed by atoms with Crippen LogP contribution < -0.4 is 4.72 Å². The van der Waals surface area contributed by atoms with Gasteiger partial charge in [-0.05, 0) is 29.8 Å². The largest absolute Gasteiger partial charge is 0.465 e. The molecule has 7 heteroatoms. The highest BCUT2D eigenvalue weighted by Crippen LogP contribution is 2.30. The molecule has 0 aliphatic rings. The molecule has 0 fully saturated rings. The van der Waals surface area contributed by atoms with Crippen molar-refractivity contribution in [3.63, 3.8) is 0 Å². The highest BCUT2D eigenvalue weighted by molar-refractivity contribution is 7.92. The topological polar surface area (TPSA) is 72.5 Å². The normalized spacial score (nSPS) is 11.0. The number of methoxy groups -OCH3 is 1. The molecule has 0 atom stereocenters. The molecule has 0 radical (unpaired) electrons. The van der Waals surface area contributed by atoms with Crippen LogP contribution in [-0.4, -0.2) is 27.8 Å². The Balaban J connectivity index is 2.31. The van der Waals surface area contributed by atoms with Gasteiger partial charge in [-0.25, -0.2) is 13.2 Å². The molecule has 5 nitrogen and oxygen atoms in total. The molecule has 2 aromatic rings. The number of halogens is 1. The van der Waals surface area contributed by atoms with Gasteiger partial charge in [-0.3, -0.25) is 4.72 Å². The lowest BCUT2D eigenvalue weighted by molar-refractivity contribution is 0.0600. The van der Waals surface area contributed by atoms with Crippen LogP contribution in [0.5, 0.6) is 0 Å². The van der Waals surface area contributed by atoms with Gasteiger partial charge in [0.2, 0.25) is 10.0 Å². The second-order valence-corrected chi connectivity index (χ2v) is 6.79. The number of hydrogen-bond donors (Lipinski definition) is 1. The van der Waals surface area contributed by atoms with E-state index in [1.165, 1.54) is 13.2 Å². The van der Waals surface area contributed by atoms with Crippen LogP contribution in [0.4, 0.5) is 5.69 Å². The highest BCUT2D eigenvalue weighted by atomic mass is 35.5. The molecule has 1 N–H and O–H groups in total.